The number of H-pyrrole nitrogens is 1. The van der Waals surface area contributed by atoms with Crippen molar-refractivity contribution in [2.75, 3.05) is 0 Å². The molecular formula is C16H14ClN3O. The molecule has 3 rings (SSSR count). The third-order valence-electron chi connectivity index (χ3n) is 3.45. The highest BCUT2D eigenvalue weighted by Gasteiger charge is 2.17. The van der Waals surface area contributed by atoms with Gasteiger partial charge in [-0.05, 0) is 29.3 Å². The summed E-state index contributed by atoms with van der Waals surface area (Å²) in [6.07, 6.45) is 0.629. The molecule has 0 spiro atoms. The number of aromatic nitrogens is 1. The minimum Gasteiger partial charge on any atom is -0.350 e. The van der Waals surface area contributed by atoms with E-state index in [1.165, 1.54) is 0 Å². The quantitative estimate of drug-likeness (QED) is 0.395. The van der Waals surface area contributed by atoms with E-state index in [1.54, 1.807) is 6.07 Å². The Bertz CT molecular complexity index is 796. The smallest absolute Gasteiger partial charge is 0.281 e. The number of nitrogens with two attached hydrogens (primary N) is 1. The average Bonchev–Trinajstić information content (AvgIpc) is 2.86. The highest BCUT2D eigenvalue weighted by Crippen LogP contribution is 2.27. The summed E-state index contributed by atoms with van der Waals surface area (Å²) in [5, 5.41) is 1.57. The Morgan fingerprint density at radius 3 is 2.67 bits per heavy atom. The van der Waals surface area contributed by atoms with Gasteiger partial charge < -0.3 is 4.98 Å². The van der Waals surface area contributed by atoms with Gasteiger partial charge in [-0.15, -0.1) is 0 Å². The van der Waals surface area contributed by atoms with Crippen LogP contribution in [0.3, 0.4) is 0 Å². The summed E-state index contributed by atoms with van der Waals surface area (Å²) in [5.41, 5.74) is 5.52. The van der Waals surface area contributed by atoms with E-state index >= 15 is 0 Å². The molecule has 0 bridgehead atoms. The summed E-state index contributed by atoms with van der Waals surface area (Å²) in [7, 11) is 0. The average molecular weight is 300 g/mol. The van der Waals surface area contributed by atoms with Crippen LogP contribution in [0, 0.1) is 0 Å². The molecule has 1 amide bonds. The number of carbonyl (C=O) groups is 1. The van der Waals surface area contributed by atoms with E-state index < -0.39 is 0 Å². The molecule has 0 aliphatic carbocycles. The SMILES string of the molecule is NNC(=O)c1[nH]c2ccc(Cl)cc2c1Cc1ccccc1. The molecule has 0 atom stereocenters. The Morgan fingerprint density at radius 1 is 1.19 bits per heavy atom. The first-order valence-corrected chi connectivity index (χ1v) is 6.92. The molecule has 106 valence electrons. The minimum atomic E-state index is -0.340. The highest BCUT2D eigenvalue weighted by atomic mass is 35.5. The number of hydrogen-bond donors (Lipinski definition) is 3. The number of carbonyl (C=O) groups excluding carboxylic acids is 1. The molecule has 0 aliphatic heterocycles. The van der Waals surface area contributed by atoms with E-state index in [0.717, 1.165) is 22.0 Å². The second-order valence-electron chi connectivity index (χ2n) is 4.80. The van der Waals surface area contributed by atoms with Gasteiger partial charge in [-0.25, -0.2) is 5.84 Å². The van der Waals surface area contributed by atoms with Crippen molar-refractivity contribution in [1.29, 1.82) is 0 Å². The molecule has 1 heterocycles. The number of aromatic amines is 1. The first-order valence-electron chi connectivity index (χ1n) is 6.54. The summed E-state index contributed by atoms with van der Waals surface area (Å²) < 4.78 is 0. The summed E-state index contributed by atoms with van der Waals surface area (Å²) in [5.74, 6) is 4.93. The van der Waals surface area contributed by atoms with Gasteiger partial charge in [0.25, 0.3) is 5.91 Å². The molecule has 0 fully saturated rings. The van der Waals surface area contributed by atoms with Crippen LogP contribution < -0.4 is 11.3 Å². The number of amides is 1. The lowest BCUT2D eigenvalue weighted by molar-refractivity contribution is 0.0948. The second-order valence-corrected chi connectivity index (χ2v) is 5.24. The minimum absolute atomic E-state index is 0.340. The number of hydrogen-bond acceptors (Lipinski definition) is 2. The third kappa shape index (κ3) is 2.63. The predicted molar refractivity (Wildman–Crippen MR) is 84.2 cm³/mol. The van der Waals surface area contributed by atoms with Gasteiger partial charge in [0, 0.05) is 22.3 Å². The number of hydrazine groups is 1. The van der Waals surface area contributed by atoms with Gasteiger partial charge >= 0.3 is 0 Å². The van der Waals surface area contributed by atoms with Gasteiger partial charge in [0.15, 0.2) is 0 Å². The monoisotopic (exact) mass is 299 g/mol. The van der Waals surface area contributed by atoms with Gasteiger partial charge in [0.1, 0.15) is 5.69 Å². The summed E-state index contributed by atoms with van der Waals surface area (Å²) in [6, 6.07) is 15.5. The molecule has 4 N–H and O–H groups in total. The fourth-order valence-electron chi connectivity index (χ4n) is 2.47. The zero-order valence-corrected chi connectivity index (χ0v) is 11.9. The molecule has 0 unspecified atom stereocenters. The fourth-order valence-corrected chi connectivity index (χ4v) is 2.64. The van der Waals surface area contributed by atoms with Crippen LogP contribution in [0.15, 0.2) is 48.5 Å². The predicted octanol–water partition coefficient (Wildman–Crippen LogP) is 3.02. The molecule has 0 aliphatic rings. The Morgan fingerprint density at radius 2 is 1.95 bits per heavy atom. The van der Waals surface area contributed by atoms with Crippen LogP contribution >= 0.6 is 11.6 Å². The maximum absolute atomic E-state index is 12.0. The van der Waals surface area contributed by atoms with Crippen LogP contribution in [0.5, 0.6) is 0 Å². The van der Waals surface area contributed by atoms with Gasteiger partial charge in [-0.2, -0.15) is 0 Å². The van der Waals surface area contributed by atoms with Crippen molar-refractivity contribution in [2.24, 2.45) is 5.84 Å². The van der Waals surface area contributed by atoms with E-state index in [2.05, 4.69) is 10.4 Å². The molecule has 1 aromatic heterocycles. The normalized spacial score (nSPS) is 10.8. The molecule has 3 aromatic rings. The number of halogens is 1. The van der Waals surface area contributed by atoms with Crippen LogP contribution in [-0.2, 0) is 6.42 Å². The number of rotatable bonds is 3. The van der Waals surface area contributed by atoms with Crippen molar-refractivity contribution >= 4 is 28.4 Å². The van der Waals surface area contributed by atoms with E-state index in [0.29, 0.717) is 17.1 Å². The number of nitrogen functional groups attached to an aromatic ring is 1. The molecule has 4 nitrogen and oxygen atoms in total. The first kappa shape index (κ1) is 13.7. The Labute approximate surface area is 126 Å². The third-order valence-corrected chi connectivity index (χ3v) is 3.69. The molecule has 5 heteroatoms. The Kier molecular flexibility index (Phi) is 3.64. The lowest BCUT2D eigenvalue weighted by Gasteiger charge is -2.04. The lowest BCUT2D eigenvalue weighted by atomic mass is 10.0. The van der Waals surface area contributed by atoms with Crippen LogP contribution in [0.25, 0.3) is 10.9 Å². The van der Waals surface area contributed by atoms with Gasteiger partial charge in [-0.3, -0.25) is 10.2 Å². The summed E-state index contributed by atoms with van der Waals surface area (Å²) >= 11 is 6.08. The van der Waals surface area contributed by atoms with E-state index in [4.69, 9.17) is 17.4 Å². The van der Waals surface area contributed by atoms with Gasteiger partial charge in [0.2, 0.25) is 0 Å². The van der Waals surface area contributed by atoms with Crippen molar-refractivity contribution in [2.45, 2.75) is 6.42 Å². The standard InChI is InChI=1S/C16H14ClN3O/c17-11-6-7-14-12(9-11)13(15(19-14)16(21)20-18)8-10-4-2-1-3-5-10/h1-7,9,19H,8,18H2,(H,20,21). The molecule has 21 heavy (non-hydrogen) atoms. The van der Waals surface area contributed by atoms with Crippen LogP contribution in [-0.4, -0.2) is 10.9 Å². The molecule has 0 radical (unpaired) electrons. The van der Waals surface area contributed by atoms with Gasteiger partial charge in [0.05, 0.1) is 0 Å². The summed E-state index contributed by atoms with van der Waals surface area (Å²) in [4.78, 5) is 15.1. The highest BCUT2D eigenvalue weighted by molar-refractivity contribution is 6.31. The number of nitrogens with one attached hydrogen (secondary N) is 2. The molecule has 2 aromatic carbocycles. The van der Waals surface area contributed by atoms with E-state index in [1.807, 2.05) is 42.5 Å². The van der Waals surface area contributed by atoms with Crippen molar-refractivity contribution < 1.29 is 4.79 Å². The number of benzene rings is 2. The van der Waals surface area contributed by atoms with Gasteiger partial charge in [-0.1, -0.05) is 41.9 Å². The van der Waals surface area contributed by atoms with E-state index in [-0.39, 0.29) is 5.91 Å². The van der Waals surface area contributed by atoms with Crippen molar-refractivity contribution in [3.8, 4) is 0 Å². The maximum Gasteiger partial charge on any atom is 0.281 e. The van der Waals surface area contributed by atoms with Crippen LogP contribution in [0.1, 0.15) is 21.6 Å². The zero-order chi connectivity index (χ0) is 14.8. The van der Waals surface area contributed by atoms with Crippen LogP contribution in [0.4, 0.5) is 0 Å². The second kappa shape index (κ2) is 5.60. The van der Waals surface area contributed by atoms with Crippen molar-refractivity contribution in [1.82, 2.24) is 10.4 Å². The Hall–Kier alpha value is -2.30. The largest absolute Gasteiger partial charge is 0.350 e. The maximum atomic E-state index is 12.0. The first-order chi connectivity index (χ1) is 10.2. The Balaban J connectivity index is 2.17. The summed E-state index contributed by atoms with van der Waals surface area (Å²) in [6.45, 7) is 0. The molecular weight excluding hydrogens is 286 g/mol. The number of fused-ring (bicyclic) bond motifs is 1. The van der Waals surface area contributed by atoms with Crippen molar-refractivity contribution in [3.05, 3.63) is 70.4 Å². The van der Waals surface area contributed by atoms with E-state index in [9.17, 15) is 4.79 Å². The topological polar surface area (TPSA) is 70.9 Å². The van der Waals surface area contributed by atoms with Crippen LogP contribution in [0.2, 0.25) is 5.02 Å². The van der Waals surface area contributed by atoms with Crippen molar-refractivity contribution in [3.63, 3.8) is 0 Å². The molecule has 0 saturated carbocycles. The fraction of sp³-hybridized carbons (Fsp3) is 0.0625. The zero-order valence-electron chi connectivity index (χ0n) is 11.2. The lowest BCUT2D eigenvalue weighted by Crippen LogP contribution is -2.31. The molecule has 0 saturated heterocycles.